The summed E-state index contributed by atoms with van der Waals surface area (Å²) in [7, 11) is -1.81. The highest BCUT2D eigenvalue weighted by molar-refractivity contribution is 7.91. The van der Waals surface area contributed by atoms with Crippen molar-refractivity contribution in [1.29, 1.82) is 0 Å². The number of thiazole rings is 1. The Kier molecular flexibility index (Phi) is 6.32. The van der Waals surface area contributed by atoms with Crippen molar-refractivity contribution in [2.24, 2.45) is 0 Å². The molecule has 3 rings (SSSR count). The van der Waals surface area contributed by atoms with Crippen molar-refractivity contribution in [3.8, 4) is 10.6 Å². The zero-order valence-corrected chi connectivity index (χ0v) is 17.5. The molecule has 0 aliphatic heterocycles. The lowest BCUT2D eigenvalue weighted by Gasteiger charge is -2.31. The van der Waals surface area contributed by atoms with Gasteiger partial charge in [0.2, 0.25) is 5.91 Å². The van der Waals surface area contributed by atoms with Gasteiger partial charge in [-0.3, -0.25) is 4.79 Å². The molecule has 1 aliphatic carbocycles. The number of aromatic nitrogens is 1. The van der Waals surface area contributed by atoms with Gasteiger partial charge in [-0.05, 0) is 19.8 Å². The molecule has 1 aromatic carbocycles. The van der Waals surface area contributed by atoms with Crippen LogP contribution in [0, 0.1) is 6.92 Å². The summed E-state index contributed by atoms with van der Waals surface area (Å²) >= 11 is 1.43. The van der Waals surface area contributed by atoms with Gasteiger partial charge in [0.25, 0.3) is 0 Å². The Morgan fingerprint density at radius 2 is 1.85 bits per heavy atom. The molecule has 1 aromatic heterocycles. The predicted molar refractivity (Wildman–Crippen MR) is 109 cm³/mol. The van der Waals surface area contributed by atoms with Gasteiger partial charge in [0, 0.05) is 24.0 Å². The van der Waals surface area contributed by atoms with Crippen LogP contribution in [0.2, 0.25) is 0 Å². The van der Waals surface area contributed by atoms with Gasteiger partial charge in [-0.25, -0.2) is 13.4 Å². The van der Waals surface area contributed by atoms with Gasteiger partial charge in [0.1, 0.15) is 10.8 Å². The molecular weight excluding hydrogens is 380 g/mol. The summed E-state index contributed by atoms with van der Waals surface area (Å²) in [4.78, 5) is 18.5. The first-order chi connectivity index (χ1) is 12.8. The predicted octanol–water partition coefficient (Wildman–Crippen LogP) is 3.82. The fraction of sp³-hybridized carbons (Fsp3) is 0.500. The molecule has 0 bridgehead atoms. The van der Waals surface area contributed by atoms with Crippen molar-refractivity contribution in [3.63, 3.8) is 0 Å². The largest absolute Gasteiger partial charge is 0.342 e. The van der Waals surface area contributed by atoms with Crippen LogP contribution in [0.1, 0.15) is 43.4 Å². The molecule has 0 spiro atoms. The standard InChI is InChI=1S/C20H26N2O3S2/c1-15-8-10-16(11-9-15)20-21-17(12-26-20)13-27(24,25)14-19(23)22(2)18-6-4-3-5-7-18/h8-12,18H,3-7,13-14H2,1-2H3. The molecule has 5 nitrogen and oxygen atoms in total. The van der Waals surface area contributed by atoms with Gasteiger partial charge in [-0.2, -0.15) is 0 Å². The second kappa shape index (κ2) is 8.52. The van der Waals surface area contributed by atoms with Crippen molar-refractivity contribution < 1.29 is 13.2 Å². The summed E-state index contributed by atoms with van der Waals surface area (Å²) < 4.78 is 25.0. The number of benzene rings is 1. The molecule has 1 amide bonds. The lowest BCUT2D eigenvalue weighted by atomic mass is 9.94. The lowest BCUT2D eigenvalue weighted by molar-refractivity contribution is -0.129. The maximum absolute atomic E-state index is 12.5. The number of hydrogen-bond donors (Lipinski definition) is 0. The quantitative estimate of drug-likeness (QED) is 0.731. The van der Waals surface area contributed by atoms with E-state index in [1.54, 1.807) is 17.3 Å². The minimum Gasteiger partial charge on any atom is -0.342 e. The van der Waals surface area contributed by atoms with E-state index in [2.05, 4.69) is 4.98 Å². The highest BCUT2D eigenvalue weighted by atomic mass is 32.2. The second-order valence-corrected chi connectivity index (χ2v) is 10.3. The number of aryl methyl sites for hydroxylation is 1. The smallest absolute Gasteiger partial charge is 0.237 e. The van der Waals surface area contributed by atoms with Crippen LogP contribution in [-0.4, -0.2) is 43.1 Å². The van der Waals surface area contributed by atoms with E-state index in [0.29, 0.717) is 5.69 Å². The maximum atomic E-state index is 12.5. The minimum atomic E-state index is -3.54. The Labute approximate surface area is 165 Å². The van der Waals surface area contributed by atoms with Gasteiger partial charge in [0.05, 0.1) is 11.4 Å². The fourth-order valence-electron chi connectivity index (χ4n) is 3.44. The number of nitrogens with zero attached hydrogens (tertiary/aromatic N) is 2. The Balaban J connectivity index is 1.62. The molecule has 1 aliphatic rings. The van der Waals surface area contributed by atoms with Crippen LogP contribution < -0.4 is 0 Å². The number of carbonyl (C=O) groups is 1. The van der Waals surface area contributed by atoms with E-state index in [0.717, 1.165) is 36.3 Å². The third-order valence-electron chi connectivity index (χ3n) is 5.08. The Morgan fingerprint density at radius 1 is 1.19 bits per heavy atom. The number of hydrogen-bond acceptors (Lipinski definition) is 5. The van der Waals surface area contributed by atoms with E-state index in [4.69, 9.17) is 0 Å². The zero-order valence-electron chi connectivity index (χ0n) is 15.8. The van der Waals surface area contributed by atoms with E-state index in [1.165, 1.54) is 23.3 Å². The average Bonchev–Trinajstić information content (AvgIpc) is 3.09. The summed E-state index contributed by atoms with van der Waals surface area (Å²) in [6, 6.07) is 8.15. The molecule has 0 radical (unpaired) electrons. The van der Waals surface area contributed by atoms with Gasteiger partial charge in [0.15, 0.2) is 9.84 Å². The van der Waals surface area contributed by atoms with Crippen LogP contribution in [0.15, 0.2) is 29.6 Å². The summed E-state index contributed by atoms with van der Waals surface area (Å²) in [5, 5.41) is 2.56. The molecule has 0 atom stereocenters. The van der Waals surface area contributed by atoms with Crippen molar-refractivity contribution in [2.75, 3.05) is 12.8 Å². The van der Waals surface area contributed by atoms with Crippen molar-refractivity contribution in [1.82, 2.24) is 9.88 Å². The molecule has 1 fully saturated rings. The second-order valence-electron chi connectivity index (χ2n) is 7.34. The van der Waals surface area contributed by atoms with Gasteiger partial charge in [-0.15, -0.1) is 11.3 Å². The minimum absolute atomic E-state index is 0.175. The summed E-state index contributed by atoms with van der Waals surface area (Å²) in [5.41, 5.74) is 2.64. The Hall–Kier alpha value is -1.73. The van der Waals surface area contributed by atoms with Gasteiger partial charge >= 0.3 is 0 Å². The number of amides is 1. The van der Waals surface area contributed by atoms with E-state index in [-0.39, 0.29) is 17.7 Å². The SMILES string of the molecule is Cc1ccc(-c2nc(CS(=O)(=O)CC(=O)N(C)C3CCCCC3)cs2)cc1. The van der Waals surface area contributed by atoms with Crippen molar-refractivity contribution >= 4 is 27.1 Å². The molecule has 0 N–H and O–H groups in total. The molecule has 0 unspecified atom stereocenters. The molecule has 1 saturated carbocycles. The highest BCUT2D eigenvalue weighted by Crippen LogP contribution is 2.25. The summed E-state index contributed by atoms with van der Waals surface area (Å²) in [5.74, 6) is -0.951. The van der Waals surface area contributed by atoms with Crippen LogP contribution in [0.3, 0.4) is 0 Å². The first-order valence-corrected chi connectivity index (χ1v) is 12.0. The highest BCUT2D eigenvalue weighted by Gasteiger charge is 2.26. The normalized spacial score (nSPS) is 15.6. The van der Waals surface area contributed by atoms with Crippen LogP contribution >= 0.6 is 11.3 Å². The van der Waals surface area contributed by atoms with E-state index < -0.39 is 15.6 Å². The topological polar surface area (TPSA) is 67.3 Å². The number of sulfone groups is 1. The summed E-state index contributed by atoms with van der Waals surface area (Å²) in [6.45, 7) is 2.02. The third-order valence-corrected chi connectivity index (χ3v) is 7.44. The lowest BCUT2D eigenvalue weighted by Crippen LogP contribution is -2.41. The Morgan fingerprint density at radius 3 is 2.52 bits per heavy atom. The molecule has 2 aromatic rings. The molecule has 146 valence electrons. The van der Waals surface area contributed by atoms with E-state index in [9.17, 15) is 13.2 Å². The molecule has 0 saturated heterocycles. The molecule has 7 heteroatoms. The third kappa shape index (κ3) is 5.39. The first kappa shape index (κ1) is 20.0. The maximum Gasteiger partial charge on any atom is 0.237 e. The Bertz CT molecular complexity index is 882. The van der Waals surface area contributed by atoms with Gasteiger partial charge < -0.3 is 4.90 Å². The van der Waals surface area contributed by atoms with Crippen molar-refractivity contribution in [3.05, 3.63) is 40.9 Å². The van der Waals surface area contributed by atoms with E-state index >= 15 is 0 Å². The van der Waals surface area contributed by atoms with Gasteiger partial charge in [-0.1, -0.05) is 49.1 Å². The first-order valence-electron chi connectivity index (χ1n) is 9.31. The number of carbonyl (C=O) groups excluding carboxylic acids is 1. The zero-order chi connectivity index (χ0) is 19.4. The molecule has 27 heavy (non-hydrogen) atoms. The van der Waals surface area contributed by atoms with Crippen molar-refractivity contribution in [2.45, 2.75) is 50.8 Å². The molecule has 1 heterocycles. The van der Waals surface area contributed by atoms with Crippen LogP contribution in [0.5, 0.6) is 0 Å². The monoisotopic (exact) mass is 406 g/mol. The summed E-state index contributed by atoms with van der Waals surface area (Å²) in [6.07, 6.45) is 5.35. The fourth-order valence-corrected chi connectivity index (χ4v) is 5.65. The van der Waals surface area contributed by atoms with E-state index in [1.807, 2.05) is 31.2 Å². The number of rotatable bonds is 6. The average molecular weight is 407 g/mol. The van der Waals surface area contributed by atoms with Crippen LogP contribution in [0.4, 0.5) is 0 Å². The van der Waals surface area contributed by atoms with Crippen LogP contribution in [0.25, 0.3) is 10.6 Å². The molecular formula is C20H26N2O3S2. The van der Waals surface area contributed by atoms with Crippen LogP contribution in [-0.2, 0) is 20.4 Å².